The number of thioether (sulfide) groups is 1. The van der Waals surface area contributed by atoms with Crippen molar-refractivity contribution >= 4 is 11.8 Å². The molecule has 0 bridgehead atoms. The van der Waals surface area contributed by atoms with Crippen molar-refractivity contribution in [1.82, 2.24) is 10.3 Å². The first kappa shape index (κ1) is 13.6. The van der Waals surface area contributed by atoms with Crippen molar-refractivity contribution in [2.24, 2.45) is 0 Å². The lowest BCUT2D eigenvalue weighted by Gasteiger charge is -2.30. The lowest BCUT2D eigenvalue weighted by Crippen LogP contribution is -2.41. The molecule has 2 unspecified atom stereocenters. The largest absolute Gasteiger partial charge is 0.374 e. The molecule has 1 N–H and O–H groups in total. The van der Waals surface area contributed by atoms with E-state index in [1.54, 1.807) is 11.8 Å². The van der Waals surface area contributed by atoms with Crippen LogP contribution in [0.4, 0.5) is 0 Å². The fourth-order valence-electron chi connectivity index (χ4n) is 2.33. The second kappa shape index (κ2) is 6.88. The van der Waals surface area contributed by atoms with Gasteiger partial charge in [0.15, 0.2) is 0 Å². The van der Waals surface area contributed by atoms with Crippen LogP contribution < -0.4 is 5.32 Å². The van der Waals surface area contributed by atoms with Crippen molar-refractivity contribution < 1.29 is 4.74 Å². The van der Waals surface area contributed by atoms with Crippen molar-refractivity contribution in [2.45, 2.75) is 16.4 Å². The zero-order valence-electron chi connectivity index (χ0n) is 11.2. The van der Waals surface area contributed by atoms with Crippen molar-refractivity contribution in [3.05, 3.63) is 60.3 Å². The van der Waals surface area contributed by atoms with Crippen LogP contribution in [0.3, 0.4) is 0 Å². The average molecular weight is 286 g/mol. The summed E-state index contributed by atoms with van der Waals surface area (Å²) in [5, 5.41) is 4.71. The molecule has 2 heterocycles. The number of ether oxygens (including phenoxy) is 1. The molecule has 2 aromatic rings. The Morgan fingerprint density at radius 2 is 2.00 bits per heavy atom. The van der Waals surface area contributed by atoms with Gasteiger partial charge in [0.25, 0.3) is 0 Å². The van der Waals surface area contributed by atoms with Crippen LogP contribution in [0.2, 0.25) is 0 Å². The van der Waals surface area contributed by atoms with E-state index >= 15 is 0 Å². The zero-order valence-corrected chi connectivity index (χ0v) is 12.1. The highest BCUT2D eigenvalue weighted by Gasteiger charge is 2.27. The highest BCUT2D eigenvalue weighted by atomic mass is 32.2. The van der Waals surface area contributed by atoms with Gasteiger partial charge < -0.3 is 10.1 Å². The summed E-state index contributed by atoms with van der Waals surface area (Å²) >= 11 is 1.77. The molecule has 0 radical (unpaired) electrons. The molecule has 3 rings (SSSR count). The summed E-state index contributed by atoms with van der Waals surface area (Å²) in [6.45, 7) is 2.60. The molecule has 104 valence electrons. The average Bonchev–Trinajstić information content (AvgIpc) is 2.55. The van der Waals surface area contributed by atoms with E-state index in [4.69, 9.17) is 4.74 Å². The smallest absolute Gasteiger partial charge is 0.0966 e. The molecule has 0 aliphatic carbocycles. The van der Waals surface area contributed by atoms with Gasteiger partial charge in [0, 0.05) is 19.3 Å². The Bertz CT molecular complexity index is 515. The summed E-state index contributed by atoms with van der Waals surface area (Å²) in [5.74, 6) is 0. The quantitative estimate of drug-likeness (QED) is 0.876. The second-order valence-corrected chi connectivity index (χ2v) is 5.89. The summed E-state index contributed by atoms with van der Waals surface area (Å²) in [5.41, 5.74) is 1.29. The van der Waals surface area contributed by atoms with Gasteiger partial charge in [-0.15, -0.1) is 0 Å². The Hall–Kier alpha value is -1.36. The van der Waals surface area contributed by atoms with Gasteiger partial charge in [0.1, 0.15) is 0 Å². The van der Waals surface area contributed by atoms with Gasteiger partial charge in [-0.05, 0) is 17.7 Å². The number of pyridine rings is 1. The molecule has 1 fully saturated rings. The first-order valence-electron chi connectivity index (χ1n) is 6.88. The molecular weight excluding hydrogens is 268 g/mol. The van der Waals surface area contributed by atoms with E-state index in [0.29, 0.717) is 0 Å². The standard InChI is InChI=1S/C16H18N2OS/c1-2-6-13(7-3-1)16(14-12-17-10-11-19-14)20-15-8-4-5-9-18-15/h1-9,14,16-17H,10-12H2. The van der Waals surface area contributed by atoms with Gasteiger partial charge in [0.2, 0.25) is 0 Å². The molecule has 1 aliphatic rings. The van der Waals surface area contributed by atoms with Gasteiger partial charge >= 0.3 is 0 Å². The molecule has 1 saturated heterocycles. The van der Waals surface area contributed by atoms with Crippen molar-refractivity contribution in [1.29, 1.82) is 0 Å². The molecule has 0 spiro atoms. The maximum absolute atomic E-state index is 5.96. The summed E-state index contributed by atoms with van der Waals surface area (Å²) in [6.07, 6.45) is 2.02. The van der Waals surface area contributed by atoms with Crippen LogP contribution in [0.25, 0.3) is 0 Å². The molecule has 1 aliphatic heterocycles. The number of nitrogens with zero attached hydrogens (tertiary/aromatic N) is 1. The number of aromatic nitrogens is 1. The molecule has 20 heavy (non-hydrogen) atoms. The van der Waals surface area contributed by atoms with Crippen LogP contribution in [-0.4, -0.2) is 30.8 Å². The lowest BCUT2D eigenvalue weighted by molar-refractivity contribution is 0.0273. The minimum Gasteiger partial charge on any atom is -0.374 e. The predicted octanol–water partition coefficient (Wildman–Crippen LogP) is 2.90. The second-order valence-electron chi connectivity index (χ2n) is 4.73. The summed E-state index contributed by atoms with van der Waals surface area (Å²) in [4.78, 5) is 4.43. The van der Waals surface area contributed by atoms with E-state index in [-0.39, 0.29) is 11.4 Å². The predicted molar refractivity (Wildman–Crippen MR) is 81.9 cm³/mol. The van der Waals surface area contributed by atoms with Gasteiger partial charge in [-0.2, -0.15) is 0 Å². The Kier molecular flexibility index (Phi) is 4.69. The van der Waals surface area contributed by atoms with Gasteiger partial charge in [-0.1, -0.05) is 48.2 Å². The van der Waals surface area contributed by atoms with Crippen LogP contribution >= 0.6 is 11.8 Å². The third kappa shape index (κ3) is 3.39. The highest BCUT2D eigenvalue weighted by molar-refractivity contribution is 7.99. The van der Waals surface area contributed by atoms with Gasteiger partial charge in [0.05, 0.1) is 23.0 Å². The van der Waals surface area contributed by atoms with Crippen molar-refractivity contribution in [2.75, 3.05) is 19.7 Å². The number of hydrogen-bond donors (Lipinski definition) is 1. The molecule has 2 atom stereocenters. The summed E-state index contributed by atoms with van der Waals surface area (Å²) < 4.78 is 5.96. The van der Waals surface area contributed by atoms with E-state index in [1.807, 2.05) is 24.4 Å². The van der Waals surface area contributed by atoms with Crippen molar-refractivity contribution in [3.63, 3.8) is 0 Å². The Morgan fingerprint density at radius 3 is 2.70 bits per heavy atom. The van der Waals surface area contributed by atoms with E-state index < -0.39 is 0 Å². The maximum atomic E-state index is 5.96. The van der Waals surface area contributed by atoms with Crippen LogP contribution in [0, 0.1) is 0 Å². The number of hydrogen-bond acceptors (Lipinski definition) is 4. The Morgan fingerprint density at radius 1 is 1.15 bits per heavy atom. The van der Waals surface area contributed by atoms with Crippen molar-refractivity contribution in [3.8, 4) is 0 Å². The minimum atomic E-state index is 0.179. The van der Waals surface area contributed by atoms with Gasteiger partial charge in [-0.3, -0.25) is 0 Å². The van der Waals surface area contributed by atoms with E-state index in [1.165, 1.54) is 5.56 Å². The van der Waals surface area contributed by atoms with Crippen LogP contribution in [0.15, 0.2) is 59.8 Å². The first-order chi connectivity index (χ1) is 9.93. The fourth-order valence-corrected chi connectivity index (χ4v) is 3.49. The molecular formula is C16H18N2OS. The van der Waals surface area contributed by atoms with E-state index in [0.717, 1.165) is 24.7 Å². The molecule has 4 heteroatoms. The summed E-state index contributed by atoms with van der Waals surface area (Å²) in [7, 11) is 0. The zero-order chi connectivity index (χ0) is 13.6. The third-order valence-electron chi connectivity index (χ3n) is 3.31. The SMILES string of the molecule is c1ccc(C(Sc2ccccn2)C2CNCCO2)cc1. The van der Waals surface area contributed by atoms with E-state index in [9.17, 15) is 0 Å². The first-order valence-corrected chi connectivity index (χ1v) is 7.76. The number of rotatable bonds is 4. The van der Waals surface area contributed by atoms with Crippen LogP contribution in [-0.2, 0) is 4.74 Å². The van der Waals surface area contributed by atoms with Crippen LogP contribution in [0.5, 0.6) is 0 Å². The number of morpholine rings is 1. The monoisotopic (exact) mass is 286 g/mol. The molecule has 1 aromatic heterocycles. The number of nitrogens with one attached hydrogen (secondary N) is 1. The molecule has 0 amide bonds. The highest BCUT2D eigenvalue weighted by Crippen LogP contribution is 2.38. The Labute approximate surface area is 123 Å². The molecule has 0 saturated carbocycles. The topological polar surface area (TPSA) is 34.2 Å². The third-order valence-corrected chi connectivity index (χ3v) is 4.62. The lowest BCUT2D eigenvalue weighted by atomic mass is 10.1. The molecule has 3 nitrogen and oxygen atoms in total. The maximum Gasteiger partial charge on any atom is 0.0966 e. The van der Waals surface area contributed by atoms with Gasteiger partial charge in [-0.25, -0.2) is 4.98 Å². The summed E-state index contributed by atoms with van der Waals surface area (Å²) in [6, 6.07) is 16.6. The van der Waals surface area contributed by atoms with E-state index in [2.05, 4.69) is 40.6 Å². The fraction of sp³-hybridized carbons (Fsp3) is 0.312. The van der Waals surface area contributed by atoms with Crippen LogP contribution in [0.1, 0.15) is 10.8 Å². The minimum absolute atomic E-state index is 0.179. The normalized spacial score (nSPS) is 20.5. The number of benzene rings is 1. The molecule has 1 aromatic carbocycles. The Balaban J connectivity index is 1.83.